The van der Waals surface area contributed by atoms with E-state index in [2.05, 4.69) is 73.1 Å². The number of para-hydroxylation sites is 2. The van der Waals surface area contributed by atoms with Gasteiger partial charge in [-0.3, -0.25) is 81.5 Å². The van der Waals surface area contributed by atoms with E-state index in [4.69, 9.17) is 11.5 Å². The Bertz CT molecular complexity index is 4930. The zero-order valence-electron chi connectivity index (χ0n) is 74.4. The quantitative estimate of drug-likeness (QED) is 0.0323. The van der Waals surface area contributed by atoms with Crippen molar-refractivity contribution < 1.29 is 91.7 Å². The fourth-order valence-corrected chi connectivity index (χ4v) is 16.4. The van der Waals surface area contributed by atoms with Gasteiger partial charge in [0.1, 0.15) is 78.5 Å². The van der Waals surface area contributed by atoms with E-state index in [0.29, 0.717) is 69.9 Å². The van der Waals surface area contributed by atoms with Crippen LogP contribution in [0.1, 0.15) is 135 Å². The molecule has 8 rings (SSSR count). The highest BCUT2D eigenvalue weighted by molar-refractivity contribution is 8.00. The van der Waals surface area contributed by atoms with Crippen molar-refractivity contribution in [1.82, 2.24) is 97.6 Å². The smallest absolute Gasteiger partial charge is 0.246 e. The summed E-state index contributed by atoms with van der Waals surface area (Å²) in [7, 11) is 5.22. The normalized spacial score (nSPS) is 24.1. The first-order chi connectivity index (χ1) is 61.4. The van der Waals surface area contributed by atoms with Gasteiger partial charge < -0.3 is 114 Å². The third kappa shape index (κ3) is 28.9. The van der Waals surface area contributed by atoms with Gasteiger partial charge in [0.25, 0.3) is 0 Å². The topological polar surface area (TPSA) is 579 Å². The Hall–Kier alpha value is -12.8. The van der Waals surface area contributed by atoms with Crippen molar-refractivity contribution >= 4 is 134 Å². The number of aromatic amines is 3. The molecule has 0 aliphatic carbocycles. The van der Waals surface area contributed by atoms with E-state index in [0.717, 1.165) is 36.3 Å². The predicted molar refractivity (Wildman–Crippen MR) is 477 cm³/mol. The van der Waals surface area contributed by atoms with Gasteiger partial charge in [-0.15, -0.1) is 11.8 Å². The number of amides is 17. The fraction of sp³-hybridized carbons (Fsp3) is 0.523. The number of H-pyrrole nitrogens is 3. The minimum absolute atomic E-state index is 0.00520. The summed E-state index contributed by atoms with van der Waals surface area (Å²) in [6.45, 7) is 7.45. The van der Waals surface area contributed by atoms with Gasteiger partial charge in [0, 0.05) is 119 Å². The Morgan fingerprint density at radius 2 is 1.09 bits per heavy atom. The lowest BCUT2D eigenvalue weighted by molar-refractivity contribution is -0.149. The minimum atomic E-state index is -1.87. The van der Waals surface area contributed by atoms with Gasteiger partial charge in [-0.25, -0.2) is 4.98 Å². The summed E-state index contributed by atoms with van der Waals surface area (Å²) in [4.78, 5) is 266. The van der Waals surface area contributed by atoms with Gasteiger partial charge in [0.2, 0.25) is 100 Å². The maximum absolute atomic E-state index is 15.7. The number of carbonyl (C=O) groups is 17. The van der Waals surface area contributed by atoms with Crippen LogP contribution in [0.4, 0.5) is 0 Å². The molecule has 0 spiro atoms. The number of fused-ring (bicyclic) bond motifs is 3. The summed E-state index contributed by atoms with van der Waals surface area (Å²) in [5.41, 5.74) is 14.4. The number of nitrogens with two attached hydrogens (primary N) is 2. The molecule has 2 aliphatic rings. The molecule has 19 N–H and O–H groups in total. The van der Waals surface area contributed by atoms with Crippen molar-refractivity contribution in [2.24, 2.45) is 17.4 Å². The number of hydrogen-bond acceptors (Lipinski definition) is 21. The summed E-state index contributed by atoms with van der Waals surface area (Å²) in [6.07, 6.45) is 4.00. The number of imidazole rings is 1. The highest BCUT2D eigenvalue weighted by atomic mass is 32.2. The second kappa shape index (κ2) is 49.0. The monoisotopic (exact) mass is 1810 g/mol. The number of primary amides is 2. The summed E-state index contributed by atoms with van der Waals surface area (Å²) in [6, 6.07) is 2.79. The summed E-state index contributed by atoms with van der Waals surface area (Å²) < 4.78 is 0. The van der Waals surface area contributed by atoms with Crippen LogP contribution >= 0.6 is 11.8 Å². The Morgan fingerprint density at radius 1 is 0.543 bits per heavy atom. The van der Waals surface area contributed by atoms with Gasteiger partial charge in [0.15, 0.2) is 0 Å². The molecule has 17 amide bonds. The van der Waals surface area contributed by atoms with Crippen molar-refractivity contribution in [2.75, 3.05) is 65.9 Å². The van der Waals surface area contributed by atoms with E-state index in [-0.39, 0.29) is 70.3 Å². The number of nitrogens with zero attached hydrogens (tertiary/aromatic N) is 6. The molecule has 2 saturated heterocycles. The molecule has 2 aliphatic heterocycles. The van der Waals surface area contributed by atoms with Crippen molar-refractivity contribution in [3.05, 3.63) is 126 Å². The number of unbranched alkanes of at least 4 members (excludes halogenated alkanes) is 2. The molecule has 5 heterocycles. The predicted octanol–water partition coefficient (Wildman–Crippen LogP) is -1.63. The largest absolute Gasteiger partial charge is 0.396 e. The van der Waals surface area contributed by atoms with E-state index in [9.17, 15) is 72.5 Å². The third-order valence-electron chi connectivity index (χ3n) is 22.8. The van der Waals surface area contributed by atoms with Crippen molar-refractivity contribution in [3.8, 4) is 0 Å². The Labute approximate surface area is 751 Å². The number of aliphatic hydroxyl groups excluding tert-OH is 2. The highest BCUT2D eigenvalue weighted by Crippen LogP contribution is 2.26. The highest BCUT2D eigenvalue weighted by Gasteiger charge is 2.44. The zero-order valence-corrected chi connectivity index (χ0v) is 75.2. The lowest BCUT2D eigenvalue weighted by atomic mass is 9.99. The molecule has 700 valence electrons. The summed E-state index contributed by atoms with van der Waals surface area (Å²) in [5.74, 6) is -16.9. The van der Waals surface area contributed by atoms with Crippen LogP contribution in [0.5, 0.6) is 0 Å². The van der Waals surface area contributed by atoms with Crippen molar-refractivity contribution in [3.63, 3.8) is 0 Å². The molecule has 3 aromatic carbocycles. The van der Waals surface area contributed by atoms with Crippen LogP contribution in [0.3, 0.4) is 0 Å². The molecule has 6 aromatic rings. The van der Waals surface area contributed by atoms with Crippen LogP contribution in [0.2, 0.25) is 0 Å². The SMILES string of the molecule is CCCC[C@H]1C(=O)N(C)[C@@H](CCCC)C(=O)N[C@@H]([C@@H](C)O)C(=O)N[C@H](C(=O)NCC(N)=O)CSCC(=O)N[C@@H](Cc2ccccc2)C(=O)N(C)[C@@H](C)C(=O)N[C@@H](CC(N)=O)C(=O)N2CCC[C@H]2C(=O)N[C@@H](Cc2cnc[nH]2)C(=O)N[C@@H](CC(C)C)C(=O)N(C)CC(=O)N[C@@H](Cc2c[nH]c3ccccc23)C(=O)N[C@@H](CCO)C(=O)N[C@@H](Cc2c[nH]c3ccccc23)C(=O)N1C. The van der Waals surface area contributed by atoms with Crippen molar-refractivity contribution in [2.45, 2.75) is 223 Å². The molecule has 0 saturated carbocycles. The first kappa shape index (κ1) is 102. The molecule has 40 nitrogen and oxygen atoms in total. The van der Waals surface area contributed by atoms with Crippen LogP contribution in [0, 0.1) is 5.92 Å². The van der Waals surface area contributed by atoms with Crippen LogP contribution in [-0.4, -0.2) is 306 Å². The molecular formula is C88H123N21O19S. The van der Waals surface area contributed by atoms with E-state index in [1.807, 2.05) is 13.8 Å². The molecule has 2 fully saturated rings. The first-order valence-corrected chi connectivity index (χ1v) is 44.5. The number of carbonyl (C=O) groups excluding carboxylic acids is 17. The number of nitrogens with one attached hydrogen (secondary N) is 13. The Morgan fingerprint density at radius 3 is 1.67 bits per heavy atom. The van der Waals surface area contributed by atoms with E-state index < -0.39 is 229 Å². The molecule has 3 aromatic heterocycles. The standard InChI is InChI=1S/C88H123N21O19S/c1-11-13-29-68-81(121)104-75(51(6)111)83(123)103-67(77(117)94-44-72(90)113)46-129-47-74(115)97-64(36-52-23-16-15-17-24-52)85(125)106(8)50(5)76(116)100-66(40-71(89)112)87(127)109-33-22-31-69(109)82(122)99-62(39-55-43-91-48-95-55)80(120)101-63(35-49(3)4)84(124)105(7)45-73(114)96-61(37-53-41-92-58-27-20-18-25-56(53)58)79(119)98-60(32-34-110)78(118)102-65(38-54-42-93-59-28-21-19-26-57(54)59)86(126)108(10)70(30-14-12-2)88(128)107(68)9/h15-21,23-28,41-43,48-51,60-70,75,92-93,110-111H,11-14,22,29-40,44-47H2,1-10H3,(H2,89,112)(H2,90,113)(H,91,95)(H,94,117)(H,96,114)(H,97,115)(H,98,119)(H,99,122)(H,100,116)(H,101,120)(H,102,118)(H,103,123)(H,104,121)/t50-,51+,60-,61-,62-,63-,64-,65-,66-,67-,68-,69-,70-,75-/m0/s1. The number of likely N-dealkylation sites (N-methyl/N-ethyl adjacent to an activating group) is 4. The second-order valence-corrected chi connectivity index (χ2v) is 34.2. The average molecular weight is 1810 g/mol. The number of aliphatic hydroxyl groups is 2. The third-order valence-corrected chi connectivity index (χ3v) is 23.9. The molecule has 129 heavy (non-hydrogen) atoms. The van der Waals surface area contributed by atoms with Gasteiger partial charge in [-0.1, -0.05) is 120 Å². The van der Waals surface area contributed by atoms with E-state index in [1.54, 1.807) is 105 Å². The molecule has 0 radical (unpaired) electrons. The van der Waals surface area contributed by atoms with E-state index >= 15 is 19.2 Å². The van der Waals surface area contributed by atoms with Gasteiger partial charge in [-0.05, 0) is 87.1 Å². The summed E-state index contributed by atoms with van der Waals surface area (Å²) >= 11 is 0.766. The maximum Gasteiger partial charge on any atom is 0.246 e. The number of thioether (sulfide) groups is 1. The molecule has 41 heteroatoms. The van der Waals surface area contributed by atoms with Crippen LogP contribution in [0.15, 0.2) is 104 Å². The second-order valence-electron chi connectivity index (χ2n) is 33.2. The van der Waals surface area contributed by atoms with Crippen LogP contribution < -0.4 is 64.6 Å². The number of hydrogen-bond donors (Lipinski definition) is 17. The van der Waals surface area contributed by atoms with Gasteiger partial charge >= 0.3 is 0 Å². The zero-order chi connectivity index (χ0) is 94.5. The molecule has 14 atom stereocenters. The Kier molecular flexibility index (Phi) is 38.6. The van der Waals surface area contributed by atoms with Crippen LogP contribution in [0.25, 0.3) is 21.8 Å². The van der Waals surface area contributed by atoms with Crippen LogP contribution in [-0.2, 0) is 107 Å². The van der Waals surface area contributed by atoms with Gasteiger partial charge in [0.05, 0.1) is 37.7 Å². The Balaban J connectivity index is 1.17. The van der Waals surface area contributed by atoms with E-state index in [1.165, 1.54) is 54.6 Å². The summed E-state index contributed by atoms with van der Waals surface area (Å²) in [5, 5.41) is 49.6. The van der Waals surface area contributed by atoms with Crippen molar-refractivity contribution in [1.29, 1.82) is 0 Å². The first-order valence-electron chi connectivity index (χ1n) is 43.3. The van der Waals surface area contributed by atoms with Gasteiger partial charge in [-0.2, -0.15) is 0 Å². The number of benzene rings is 3. The minimum Gasteiger partial charge on any atom is -0.396 e. The maximum atomic E-state index is 15.7. The molecule has 0 bridgehead atoms. The fourth-order valence-electron chi connectivity index (χ4n) is 15.6. The molecule has 0 unspecified atom stereocenters. The lowest BCUT2D eigenvalue weighted by Crippen LogP contribution is -2.62. The molecular weight excluding hydrogens is 1690 g/mol. The number of rotatable bonds is 24. The average Bonchev–Trinajstić information content (AvgIpc) is 1.71. The lowest BCUT2D eigenvalue weighted by Gasteiger charge is -2.36. The number of aromatic nitrogens is 4.